The lowest BCUT2D eigenvalue weighted by Crippen LogP contribution is -2.35. The number of carbonyl (C=O) groups is 1. The van der Waals surface area contributed by atoms with Crippen molar-refractivity contribution >= 4 is 16.9 Å². The smallest absolute Gasteiger partial charge is 0.312 e. The van der Waals surface area contributed by atoms with Crippen molar-refractivity contribution in [3.05, 3.63) is 67.9 Å². The summed E-state index contributed by atoms with van der Waals surface area (Å²) < 4.78 is 13.6. The molecule has 1 aliphatic heterocycles. The molecule has 0 bridgehead atoms. The lowest BCUT2D eigenvalue weighted by Gasteiger charge is -2.25. The summed E-state index contributed by atoms with van der Waals surface area (Å²) in [4.78, 5) is 38.2. The van der Waals surface area contributed by atoms with E-state index in [1.165, 1.54) is 9.13 Å². The van der Waals surface area contributed by atoms with Crippen LogP contribution in [0, 0.1) is 6.92 Å². The Bertz CT molecular complexity index is 1250. The minimum atomic E-state index is -0.652. The third-order valence-corrected chi connectivity index (χ3v) is 5.45. The van der Waals surface area contributed by atoms with E-state index in [2.05, 4.69) is 0 Å². The van der Waals surface area contributed by atoms with E-state index in [9.17, 15) is 14.4 Å². The number of hydrogen-bond donors (Lipinski definition) is 0. The van der Waals surface area contributed by atoms with Gasteiger partial charge in [0, 0.05) is 43.4 Å². The van der Waals surface area contributed by atoms with Crippen LogP contribution in [0.15, 0.2) is 39.9 Å². The van der Waals surface area contributed by atoms with E-state index in [1.54, 1.807) is 46.3 Å². The zero-order valence-electron chi connectivity index (χ0n) is 16.1. The second kappa shape index (κ2) is 6.37. The molecule has 2 aromatic heterocycles. The van der Waals surface area contributed by atoms with Crippen LogP contribution >= 0.6 is 0 Å². The molecule has 0 spiro atoms. The van der Waals surface area contributed by atoms with Crippen LogP contribution in [0.25, 0.3) is 10.9 Å². The highest BCUT2D eigenvalue weighted by molar-refractivity contribution is 5.82. The normalized spacial score (nSPS) is 16.0. The molecule has 0 fully saturated rings. The first kappa shape index (κ1) is 18.0. The van der Waals surface area contributed by atoms with Gasteiger partial charge in [-0.3, -0.25) is 14.4 Å². The monoisotopic (exact) mass is 380 g/mol. The Morgan fingerprint density at radius 2 is 1.79 bits per heavy atom. The average Bonchev–Trinajstić information content (AvgIpc) is 2.68. The van der Waals surface area contributed by atoms with E-state index >= 15 is 0 Å². The molecule has 0 saturated carbocycles. The molecular weight excluding hydrogens is 360 g/mol. The van der Waals surface area contributed by atoms with Crippen LogP contribution in [-0.4, -0.2) is 22.2 Å². The van der Waals surface area contributed by atoms with Crippen LogP contribution in [0.3, 0.4) is 0 Å². The predicted molar refractivity (Wildman–Crippen MR) is 104 cm³/mol. The summed E-state index contributed by atoms with van der Waals surface area (Å²) in [6.07, 6.45) is -0.0534. The molecule has 0 N–H and O–H groups in total. The molecular formula is C21H20N2O5. The molecule has 3 heterocycles. The van der Waals surface area contributed by atoms with Gasteiger partial charge in [-0.15, -0.1) is 0 Å². The van der Waals surface area contributed by atoms with Crippen molar-refractivity contribution in [1.82, 2.24) is 9.13 Å². The van der Waals surface area contributed by atoms with E-state index in [0.717, 1.165) is 5.39 Å². The second-order valence-corrected chi connectivity index (χ2v) is 7.05. The van der Waals surface area contributed by atoms with Gasteiger partial charge in [0.05, 0.1) is 24.6 Å². The molecule has 1 aromatic carbocycles. The number of methoxy groups -OCH3 is 1. The van der Waals surface area contributed by atoms with Crippen molar-refractivity contribution < 1.29 is 14.3 Å². The minimum absolute atomic E-state index is 0.0534. The molecule has 1 atom stereocenters. The third-order valence-electron chi connectivity index (χ3n) is 5.45. The number of benzene rings is 1. The summed E-state index contributed by atoms with van der Waals surface area (Å²) in [5.41, 5.74) is 1.62. The van der Waals surface area contributed by atoms with Gasteiger partial charge < -0.3 is 18.6 Å². The van der Waals surface area contributed by atoms with Gasteiger partial charge in [-0.1, -0.05) is 0 Å². The lowest BCUT2D eigenvalue weighted by molar-refractivity contribution is -0.135. The maximum absolute atomic E-state index is 13.1. The maximum atomic E-state index is 13.1. The number of rotatable bonds is 2. The van der Waals surface area contributed by atoms with E-state index < -0.39 is 11.9 Å². The Balaban J connectivity index is 2.01. The molecule has 28 heavy (non-hydrogen) atoms. The average molecular weight is 380 g/mol. The molecule has 0 aliphatic carbocycles. The summed E-state index contributed by atoms with van der Waals surface area (Å²) in [6.45, 7) is 1.77. The number of nitrogens with zero attached hydrogens (tertiary/aromatic N) is 2. The lowest BCUT2D eigenvalue weighted by atomic mass is 9.87. The van der Waals surface area contributed by atoms with Gasteiger partial charge in [0.2, 0.25) is 0 Å². The Morgan fingerprint density at radius 1 is 1.04 bits per heavy atom. The standard InChI is InChI=1S/C21H20N2O5/c1-11-7-17-19(21(26)22(11)2)14(10-18(24)28-17)15-8-12-5-6-13(27-4)9-16(12)23(3)20(15)25/h5-9,14H,10H2,1-4H3. The zero-order valence-corrected chi connectivity index (χ0v) is 16.1. The number of fused-ring (bicyclic) bond motifs is 2. The van der Waals surface area contributed by atoms with E-state index in [4.69, 9.17) is 9.47 Å². The summed E-state index contributed by atoms with van der Waals surface area (Å²) in [5.74, 6) is -0.229. The van der Waals surface area contributed by atoms with Crippen LogP contribution in [-0.2, 0) is 18.9 Å². The number of ether oxygens (including phenoxy) is 2. The molecule has 4 rings (SSSR count). The van der Waals surface area contributed by atoms with Crippen molar-refractivity contribution in [1.29, 1.82) is 0 Å². The molecule has 144 valence electrons. The fourth-order valence-electron chi connectivity index (χ4n) is 3.76. The SMILES string of the molecule is COc1ccc2cc(C3CC(=O)Oc4cc(C)n(C)c(=O)c43)c(=O)n(C)c2c1. The van der Waals surface area contributed by atoms with E-state index in [0.29, 0.717) is 28.1 Å². The topological polar surface area (TPSA) is 79.5 Å². The fourth-order valence-corrected chi connectivity index (χ4v) is 3.76. The number of aryl methyl sites for hydroxylation is 2. The molecule has 7 heteroatoms. The van der Waals surface area contributed by atoms with Crippen LogP contribution in [0.5, 0.6) is 11.5 Å². The summed E-state index contributed by atoms with van der Waals surface area (Å²) in [5, 5.41) is 0.822. The Hall–Kier alpha value is -3.35. The maximum Gasteiger partial charge on any atom is 0.312 e. The van der Waals surface area contributed by atoms with Crippen LogP contribution in [0.4, 0.5) is 0 Å². The Morgan fingerprint density at radius 3 is 2.50 bits per heavy atom. The first-order valence-electron chi connectivity index (χ1n) is 8.90. The first-order valence-corrected chi connectivity index (χ1v) is 8.90. The highest BCUT2D eigenvalue weighted by Gasteiger charge is 2.34. The molecule has 1 unspecified atom stereocenters. The highest BCUT2D eigenvalue weighted by Crippen LogP contribution is 2.36. The van der Waals surface area contributed by atoms with Crippen molar-refractivity contribution in [3.63, 3.8) is 0 Å². The predicted octanol–water partition coefficient (Wildman–Crippen LogP) is 2.00. The molecule has 3 aromatic rings. The Labute approximate surface area is 160 Å². The van der Waals surface area contributed by atoms with E-state index in [1.807, 2.05) is 12.1 Å². The van der Waals surface area contributed by atoms with Crippen molar-refractivity contribution in [2.75, 3.05) is 7.11 Å². The summed E-state index contributed by atoms with van der Waals surface area (Å²) in [6, 6.07) is 8.86. The van der Waals surface area contributed by atoms with Gasteiger partial charge in [-0.25, -0.2) is 0 Å². The van der Waals surface area contributed by atoms with Gasteiger partial charge in [0.15, 0.2) is 0 Å². The number of pyridine rings is 2. The molecule has 0 radical (unpaired) electrons. The fraction of sp³-hybridized carbons (Fsp3) is 0.286. The number of hydrogen-bond acceptors (Lipinski definition) is 5. The highest BCUT2D eigenvalue weighted by atomic mass is 16.5. The van der Waals surface area contributed by atoms with Gasteiger partial charge in [0.25, 0.3) is 11.1 Å². The van der Waals surface area contributed by atoms with Crippen molar-refractivity contribution in [2.24, 2.45) is 14.1 Å². The van der Waals surface area contributed by atoms with Gasteiger partial charge in [-0.05, 0) is 30.5 Å². The third kappa shape index (κ3) is 2.62. The molecule has 1 aliphatic rings. The first-order chi connectivity index (χ1) is 13.3. The Kier molecular flexibility index (Phi) is 4.10. The van der Waals surface area contributed by atoms with Crippen LogP contribution in [0.2, 0.25) is 0 Å². The largest absolute Gasteiger partial charge is 0.497 e. The number of esters is 1. The summed E-state index contributed by atoms with van der Waals surface area (Å²) in [7, 11) is 4.90. The number of carbonyl (C=O) groups excluding carboxylic acids is 1. The van der Waals surface area contributed by atoms with Gasteiger partial charge >= 0.3 is 5.97 Å². The van der Waals surface area contributed by atoms with E-state index in [-0.39, 0.29) is 23.3 Å². The quantitative estimate of drug-likeness (QED) is 0.636. The molecule has 0 saturated heterocycles. The minimum Gasteiger partial charge on any atom is -0.497 e. The number of aromatic nitrogens is 2. The van der Waals surface area contributed by atoms with Crippen molar-refractivity contribution in [2.45, 2.75) is 19.3 Å². The second-order valence-electron chi connectivity index (χ2n) is 7.05. The van der Waals surface area contributed by atoms with Crippen LogP contribution < -0.4 is 20.6 Å². The van der Waals surface area contributed by atoms with Crippen molar-refractivity contribution in [3.8, 4) is 11.5 Å². The van der Waals surface area contributed by atoms with Gasteiger partial charge in [0.1, 0.15) is 11.5 Å². The molecule has 0 amide bonds. The summed E-state index contributed by atoms with van der Waals surface area (Å²) >= 11 is 0. The molecule has 7 nitrogen and oxygen atoms in total. The van der Waals surface area contributed by atoms with Crippen LogP contribution in [0.1, 0.15) is 29.2 Å². The zero-order chi connectivity index (χ0) is 20.2. The van der Waals surface area contributed by atoms with Gasteiger partial charge in [-0.2, -0.15) is 0 Å².